The zero-order valence-corrected chi connectivity index (χ0v) is 23.9. The number of allylic oxidation sites excluding steroid dienone is 4. The van der Waals surface area contributed by atoms with Gasteiger partial charge < -0.3 is 30.3 Å². The number of ether oxygens (including phenoxy) is 2. The van der Waals surface area contributed by atoms with Crippen LogP contribution in [-0.2, 0) is 16.0 Å². The first-order valence-corrected chi connectivity index (χ1v) is 15.0. The zero-order chi connectivity index (χ0) is 28.4. The number of nitrogens with two attached hydrogens (primary N) is 1. The maximum absolute atomic E-state index is 13.4. The van der Waals surface area contributed by atoms with E-state index in [1.807, 2.05) is 0 Å². The van der Waals surface area contributed by atoms with Crippen LogP contribution in [0.1, 0.15) is 54.6 Å². The number of rotatable bonds is 10. The summed E-state index contributed by atoms with van der Waals surface area (Å²) < 4.78 is 11.5. The van der Waals surface area contributed by atoms with Gasteiger partial charge in [-0.1, -0.05) is 29.9 Å². The topological polar surface area (TPSA) is 122 Å². The largest absolute Gasteiger partial charge is 0.488 e. The van der Waals surface area contributed by atoms with Gasteiger partial charge in [-0.3, -0.25) is 9.78 Å². The highest BCUT2D eigenvalue weighted by atomic mass is 32.1. The lowest BCUT2D eigenvalue weighted by atomic mass is 10.0. The van der Waals surface area contributed by atoms with Crippen LogP contribution in [0, 0.1) is 0 Å². The van der Waals surface area contributed by atoms with E-state index in [4.69, 9.17) is 15.2 Å². The maximum Gasteiger partial charge on any atom is 0.346 e. The summed E-state index contributed by atoms with van der Waals surface area (Å²) >= 11 is 1.41. The molecule has 0 unspecified atom stereocenters. The summed E-state index contributed by atoms with van der Waals surface area (Å²) in [5.41, 5.74) is 9.27. The van der Waals surface area contributed by atoms with Crippen LogP contribution in [0.25, 0.3) is 0 Å². The molecule has 0 bridgehead atoms. The summed E-state index contributed by atoms with van der Waals surface area (Å²) in [5.74, 6) is 0.555. The van der Waals surface area contributed by atoms with Gasteiger partial charge in [-0.25, -0.2) is 4.79 Å². The zero-order valence-electron chi connectivity index (χ0n) is 23.1. The second-order valence-corrected chi connectivity index (χ2v) is 11.1. The second-order valence-electron chi connectivity index (χ2n) is 10.3. The Kier molecular flexibility index (Phi) is 9.82. The Morgan fingerprint density at radius 1 is 1.22 bits per heavy atom. The van der Waals surface area contributed by atoms with E-state index >= 15 is 0 Å². The maximum atomic E-state index is 13.4. The van der Waals surface area contributed by atoms with Crippen molar-refractivity contribution in [3.05, 3.63) is 76.2 Å². The van der Waals surface area contributed by atoms with Gasteiger partial charge in [0.2, 0.25) is 5.90 Å². The molecule has 5 rings (SSSR count). The van der Waals surface area contributed by atoms with Crippen molar-refractivity contribution < 1.29 is 19.1 Å². The Morgan fingerprint density at radius 3 is 2.83 bits per heavy atom. The Morgan fingerprint density at radius 2 is 2.10 bits per heavy atom. The van der Waals surface area contributed by atoms with Crippen molar-refractivity contribution in [2.45, 2.75) is 45.1 Å². The molecule has 41 heavy (non-hydrogen) atoms. The van der Waals surface area contributed by atoms with Gasteiger partial charge in [-0.05, 0) is 63.4 Å². The van der Waals surface area contributed by atoms with Gasteiger partial charge in [0.05, 0.1) is 11.4 Å². The standard InChI is InChI=1S/C30H36N6O4S/c31-25-20-41-21-27(25)33-29(37)26-10-9-23(16-32-26)17-36(14-6-13-35-11-4-5-12-35)30(38)34-28-19-39-18-24(40-28)15-22-7-2-1-3-8-22/h1-2,7,9-10,16,18,20-21H,3-6,8,11-15,17,19,31H2,(H,33,37). The number of aromatic nitrogens is 1. The molecule has 1 saturated heterocycles. The number of anilines is 2. The number of nitrogens with one attached hydrogen (secondary N) is 1. The van der Waals surface area contributed by atoms with E-state index < -0.39 is 0 Å². The molecule has 0 saturated carbocycles. The van der Waals surface area contributed by atoms with E-state index in [1.165, 1.54) is 29.8 Å². The molecule has 3 N–H and O–H groups in total. The average Bonchev–Trinajstić information content (AvgIpc) is 3.65. The molecule has 4 heterocycles. The molecule has 2 aromatic rings. The van der Waals surface area contributed by atoms with E-state index in [0.717, 1.165) is 44.5 Å². The van der Waals surface area contributed by atoms with Crippen molar-refractivity contribution in [3.8, 4) is 0 Å². The van der Waals surface area contributed by atoms with Crippen molar-refractivity contribution in [1.82, 2.24) is 14.8 Å². The summed E-state index contributed by atoms with van der Waals surface area (Å²) in [5, 5.41) is 6.31. The lowest BCUT2D eigenvalue weighted by molar-refractivity contribution is 0.102. The van der Waals surface area contributed by atoms with Crippen LogP contribution in [0.15, 0.2) is 69.9 Å². The number of likely N-dealkylation sites (tertiary alicyclic amines) is 1. The predicted octanol–water partition coefficient (Wildman–Crippen LogP) is 5.34. The molecule has 216 valence electrons. The van der Waals surface area contributed by atoms with Crippen LogP contribution < -0.4 is 11.1 Å². The van der Waals surface area contributed by atoms with Gasteiger partial charge in [0.25, 0.3) is 5.91 Å². The molecular weight excluding hydrogens is 540 g/mol. The number of carbonyl (C=O) groups excluding carboxylic acids is 2. The van der Waals surface area contributed by atoms with Crippen LogP contribution >= 0.6 is 11.3 Å². The van der Waals surface area contributed by atoms with E-state index in [9.17, 15) is 9.59 Å². The average molecular weight is 577 g/mol. The molecule has 3 amide bonds. The number of hydrogen-bond donors (Lipinski definition) is 2. The number of amides is 3. The van der Waals surface area contributed by atoms with Crippen molar-refractivity contribution in [3.63, 3.8) is 0 Å². The molecule has 0 spiro atoms. The third-order valence-electron chi connectivity index (χ3n) is 7.13. The minimum Gasteiger partial charge on any atom is -0.488 e. The van der Waals surface area contributed by atoms with Gasteiger partial charge in [0.15, 0.2) is 6.61 Å². The first kappa shape index (κ1) is 28.6. The normalized spacial score (nSPS) is 17.9. The van der Waals surface area contributed by atoms with E-state index in [1.54, 1.807) is 40.3 Å². The van der Waals surface area contributed by atoms with Crippen LogP contribution in [0.3, 0.4) is 0 Å². The number of pyridine rings is 1. The minimum atomic E-state index is -0.388. The highest BCUT2D eigenvalue weighted by Crippen LogP contribution is 2.24. The molecule has 1 aliphatic carbocycles. The fraction of sp³-hybridized carbons (Fsp3) is 0.400. The fourth-order valence-electron chi connectivity index (χ4n) is 4.95. The molecule has 11 heteroatoms. The molecule has 2 aromatic heterocycles. The number of nitrogens with zero attached hydrogens (tertiary/aromatic N) is 4. The smallest absolute Gasteiger partial charge is 0.346 e. The monoisotopic (exact) mass is 576 g/mol. The highest BCUT2D eigenvalue weighted by Gasteiger charge is 2.21. The molecule has 3 aliphatic rings. The number of nitrogen functional groups attached to an aromatic ring is 1. The van der Waals surface area contributed by atoms with Crippen LogP contribution in [-0.4, -0.2) is 65.4 Å². The van der Waals surface area contributed by atoms with Gasteiger partial charge in [-0.15, -0.1) is 11.3 Å². The summed E-state index contributed by atoms with van der Waals surface area (Å²) in [6.07, 6.45) is 15.4. The van der Waals surface area contributed by atoms with Crippen molar-refractivity contribution in [1.29, 1.82) is 0 Å². The molecule has 0 radical (unpaired) electrons. The third kappa shape index (κ3) is 8.27. The minimum absolute atomic E-state index is 0.107. The van der Waals surface area contributed by atoms with Crippen LogP contribution in [0.4, 0.5) is 16.2 Å². The Hall–Kier alpha value is -3.96. The fourth-order valence-corrected chi connectivity index (χ4v) is 5.62. The van der Waals surface area contributed by atoms with E-state index in [0.29, 0.717) is 36.6 Å². The number of carbonyl (C=O) groups is 2. The lowest BCUT2D eigenvalue weighted by Crippen LogP contribution is -2.33. The van der Waals surface area contributed by atoms with Gasteiger partial charge in [-0.2, -0.15) is 4.99 Å². The van der Waals surface area contributed by atoms with Crippen LogP contribution in [0.5, 0.6) is 0 Å². The highest BCUT2D eigenvalue weighted by molar-refractivity contribution is 7.09. The molecular formula is C30H36N6O4S. The van der Waals surface area contributed by atoms with E-state index in [2.05, 4.69) is 38.4 Å². The lowest BCUT2D eigenvalue weighted by Gasteiger charge is -2.23. The molecule has 0 atom stereocenters. The number of urea groups is 1. The van der Waals surface area contributed by atoms with Crippen LogP contribution in [0.2, 0.25) is 0 Å². The quantitative estimate of drug-likeness (QED) is 0.392. The molecule has 10 nitrogen and oxygen atoms in total. The van der Waals surface area contributed by atoms with Gasteiger partial charge in [0.1, 0.15) is 17.7 Å². The van der Waals surface area contributed by atoms with E-state index in [-0.39, 0.29) is 30.1 Å². The van der Waals surface area contributed by atoms with Crippen molar-refractivity contribution >= 4 is 40.5 Å². The van der Waals surface area contributed by atoms with Gasteiger partial charge >= 0.3 is 6.03 Å². The first-order chi connectivity index (χ1) is 20.0. The molecule has 1 fully saturated rings. The number of thiophene rings is 1. The van der Waals surface area contributed by atoms with Gasteiger partial charge in [0, 0.05) is 36.5 Å². The number of hydrogen-bond acceptors (Lipinski definition) is 8. The Balaban J connectivity index is 1.22. The predicted molar refractivity (Wildman–Crippen MR) is 161 cm³/mol. The van der Waals surface area contributed by atoms with Crippen molar-refractivity contribution in [2.75, 3.05) is 43.8 Å². The third-order valence-corrected chi connectivity index (χ3v) is 7.90. The summed E-state index contributed by atoms with van der Waals surface area (Å²) in [7, 11) is 0. The number of aliphatic imine (C=N–C) groups is 1. The molecule has 2 aliphatic heterocycles. The molecule has 0 aromatic carbocycles. The first-order valence-electron chi connectivity index (χ1n) is 14.0. The Bertz CT molecular complexity index is 1340. The summed E-state index contributed by atoms with van der Waals surface area (Å²) in [6.45, 7) is 4.09. The SMILES string of the molecule is Nc1cscc1NC(=O)c1ccc(CN(CCCN2CCCC2)C(=O)N=C2COC=C(CC3=CC=CCC3)O2)cn1. The summed E-state index contributed by atoms with van der Waals surface area (Å²) in [6, 6.07) is 3.07. The summed E-state index contributed by atoms with van der Waals surface area (Å²) in [4.78, 5) is 38.7. The second kappa shape index (κ2) is 14.1. The Labute approximate surface area is 244 Å². The van der Waals surface area contributed by atoms with Crippen molar-refractivity contribution in [2.24, 2.45) is 4.99 Å².